The van der Waals surface area contributed by atoms with Gasteiger partial charge in [-0.25, -0.2) is 9.97 Å². The van der Waals surface area contributed by atoms with Crippen LogP contribution in [0.15, 0.2) is 0 Å². The van der Waals surface area contributed by atoms with E-state index in [9.17, 15) is 4.79 Å². The van der Waals surface area contributed by atoms with E-state index in [1.165, 1.54) is 28.7 Å². The molecule has 4 rings (SSSR count). The van der Waals surface area contributed by atoms with Gasteiger partial charge in [-0.2, -0.15) is 0 Å². The Morgan fingerprint density at radius 3 is 2.76 bits per heavy atom. The van der Waals surface area contributed by atoms with Crippen LogP contribution in [-0.4, -0.2) is 60.7 Å². The molecular weight excluding hydrogens is 384 g/mol. The summed E-state index contributed by atoms with van der Waals surface area (Å²) in [5.74, 6) is 2.90. The minimum Gasteiger partial charge on any atom is -0.375 e. The van der Waals surface area contributed by atoms with Crippen LogP contribution in [0.25, 0.3) is 10.2 Å². The predicted octanol–water partition coefficient (Wildman–Crippen LogP) is 3.45. The van der Waals surface area contributed by atoms with Gasteiger partial charge >= 0.3 is 0 Å². The van der Waals surface area contributed by atoms with Crippen LogP contribution in [0.1, 0.15) is 49.4 Å². The molecule has 0 N–H and O–H groups in total. The van der Waals surface area contributed by atoms with E-state index >= 15 is 0 Å². The average molecular weight is 417 g/mol. The van der Waals surface area contributed by atoms with Gasteiger partial charge in [-0.3, -0.25) is 4.79 Å². The van der Waals surface area contributed by atoms with Crippen molar-refractivity contribution in [1.82, 2.24) is 14.9 Å². The first-order valence-electron chi connectivity index (χ1n) is 10.9. The Morgan fingerprint density at radius 2 is 2.03 bits per heavy atom. The maximum absolute atomic E-state index is 12.2. The number of rotatable bonds is 6. The number of fused-ring (bicyclic) bond motifs is 3. The first kappa shape index (κ1) is 20.5. The topological polar surface area (TPSA) is 58.6 Å². The van der Waals surface area contributed by atoms with Crippen LogP contribution < -0.4 is 4.90 Å². The molecule has 1 unspecified atom stereocenters. The minimum atomic E-state index is 0.0746. The standard InChI is InChI=1S/C22H32N4O2S/c1-4-5-6-18-23-21(26-11-9-25(10-12-26)19(27)14-28-3)20-16-8-7-15(2)13-17(16)29-22(20)24-18/h15H,4-14H2,1-3H3. The number of thiophene rings is 1. The van der Waals surface area contributed by atoms with Gasteiger partial charge in [-0.1, -0.05) is 20.3 Å². The van der Waals surface area contributed by atoms with Gasteiger partial charge in [0.1, 0.15) is 23.1 Å². The van der Waals surface area contributed by atoms with Crippen LogP contribution in [0.5, 0.6) is 0 Å². The summed E-state index contributed by atoms with van der Waals surface area (Å²) in [6.07, 6.45) is 6.74. The van der Waals surface area contributed by atoms with Gasteiger partial charge in [-0.15, -0.1) is 11.3 Å². The van der Waals surface area contributed by atoms with E-state index in [4.69, 9.17) is 14.7 Å². The van der Waals surface area contributed by atoms with Gasteiger partial charge < -0.3 is 14.5 Å². The van der Waals surface area contributed by atoms with Gasteiger partial charge in [0.15, 0.2) is 0 Å². The van der Waals surface area contributed by atoms with E-state index in [-0.39, 0.29) is 12.5 Å². The quantitative estimate of drug-likeness (QED) is 0.722. The summed E-state index contributed by atoms with van der Waals surface area (Å²) >= 11 is 1.88. The Balaban J connectivity index is 1.66. The molecular formula is C22H32N4O2S. The molecule has 1 aliphatic carbocycles. The molecule has 1 amide bonds. The maximum Gasteiger partial charge on any atom is 0.248 e. The van der Waals surface area contributed by atoms with Gasteiger partial charge in [0.2, 0.25) is 5.91 Å². The molecule has 3 heterocycles. The molecule has 2 aromatic rings. The fourth-order valence-electron chi connectivity index (χ4n) is 4.42. The summed E-state index contributed by atoms with van der Waals surface area (Å²) in [6, 6.07) is 0. The summed E-state index contributed by atoms with van der Waals surface area (Å²) < 4.78 is 5.02. The normalized spacial score (nSPS) is 19.6. The van der Waals surface area contributed by atoms with E-state index in [1.807, 2.05) is 16.2 Å². The van der Waals surface area contributed by atoms with Crippen molar-refractivity contribution in [3.63, 3.8) is 0 Å². The second-order valence-electron chi connectivity index (χ2n) is 8.40. The number of carbonyl (C=O) groups excluding carboxylic acids is 1. The zero-order chi connectivity index (χ0) is 20.4. The first-order valence-corrected chi connectivity index (χ1v) is 11.7. The molecule has 1 atom stereocenters. The molecule has 6 nitrogen and oxygen atoms in total. The lowest BCUT2D eigenvalue weighted by molar-refractivity contribution is -0.135. The molecule has 0 bridgehead atoms. The number of anilines is 1. The lowest BCUT2D eigenvalue weighted by atomic mass is 9.89. The summed E-state index contributed by atoms with van der Waals surface area (Å²) in [6.45, 7) is 7.80. The average Bonchev–Trinajstić information content (AvgIpc) is 3.09. The zero-order valence-corrected chi connectivity index (χ0v) is 18.7. The Hall–Kier alpha value is -1.73. The van der Waals surface area contributed by atoms with E-state index in [1.54, 1.807) is 7.11 Å². The Morgan fingerprint density at radius 1 is 1.24 bits per heavy atom. The lowest BCUT2D eigenvalue weighted by Gasteiger charge is -2.36. The minimum absolute atomic E-state index is 0.0746. The number of nitrogens with zero attached hydrogens (tertiary/aromatic N) is 4. The van der Waals surface area contributed by atoms with Gasteiger partial charge in [0, 0.05) is 44.6 Å². The second kappa shape index (κ2) is 8.96. The van der Waals surface area contributed by atoms with Crippen LogP contribution in [0.2, 0.25) is 0 Å². The summed E-state index contributed by atoms with van der Waals surface area (Å²) in [5, 5.41) is 1.29. The number of carbonyl (C=O) groups is 1. The molecule has 1 fully saturated rings. The second-order valence-corrected chi connectivity index (χ2v) is 9.48. The molecule has 158 valence electrons. The highest BCUT2D eigenvalue weighted by Gasteiger charge is 2.28. The predicted molar refractivity (Wildman–Crippen MR) is 118 cm³/mol. The molecule has 7 heteroatoms. The Labute approximate surface area is 177 Å². The van der Waals surface area contributed by atoms with Crippen molar-refractivity contribution in [3.05, 3.63) is 16.3 Å². The lowest BCUT2D eigenvalue weighted by Crippen LogP contribution is -2.50. The smallest absolute Gasteiger partial charge is 0.248 e. The highest BCUT2D eigenvalue weighted by Crippen LogP contribution is 2.41. The number of aryl methyl sites for hydroxylation is 2. The molecule has 0 aromatic carbocycles. The van der Waals surface area contributed by atoms with Crippen molar-refractivity contribution in [2.45, 2.75) is 52.4 Å². The van der Waals surface area contributed by atoms with Crippen molar-refractivity contribution in [3.8, 4) is 0 Å². The fraction of sp³-hybridized carbons (Fsp3) is 0.682. The molecule has 2 aliphatic rings. The summed E-state index contributed by atoms with van der Waals surface area (Å²) in [7, 11) is 1.57. The van der Waals surface area contributed by atoms with Crippen molar-refractivity contribution in [2.75, 3.05) is 44.8 Å². The highest BCUT2D eigenvalue weighted by molar-refractivity contribution is 7.19. The zero-order valence-electron chi connectivity index (χ0n) is 17.9. The summed E-state index contributed by atoms with van der Waals surface area (Å²) in [5.41, 5.74) is 1.48. The maximum atomic E-state index is 12.2. The van der Waals surface area contributed by atoms with E-state index in [2.05, 4.69) is 18.7 Å². The molecule has 0 saturated carbocycles. The van der Waals surface area contributed by atoms with E-state index in [0.717, 1.165) is 74.3 Å². The SMILES string of the molecule is CCCCc1nc(N2CCN(C(=O)COC)CC2)c2c3c(sc2n1)CC(C)CC3. The van der Waals surface area contributed by atoms with Crippen LogP contribution in [0, 0.1) is 5.92 Å². The van der Waals surface area contributed by atoms with Crippen molar-refractivity contribution >= 4 is 33.3 Å². The number of aromatic nitrogens is 2. The Bertz CT molecular complexity index is 873. The van der Waals surface area contributed by atoms with Gasteiger partial charge in [0.05, 0.1) is 5.39 Å². The van der Waals surface area contributed by atoms with Gasteiger partial charge in [-0.05, 0) is 37.2 Å². The third kappa shape index (κ3) is 4.26. The fourth-order valence-corrected chi connectivity index (χ4v) is 5.82. The molecule has 1 saturated heterocycles. The van der Waals surface area contributed by atoms with Crippen molar-refractivity contribution in [1.29, 1.82) is 0 Å². The Kier molecular flexibility index (Phi) is 6.35. The van der Waals surface area contributed by atoms with Crippen LogP contribution in [-0.2, 0) is 28.8 Å². The molecule has 1 aliphatic heterocycles. The van der Waals surface area contributed by atoms with Crippen molar-refractivity contribution in [2.24, 2.45) is 5.92 Å². The van der Waals surface area contributed by atoms with E-state index in [0.29, 0.717) is 0 Å². The number of methoxy groups -OCH3 is 1. The first-order chi connectivity index (χ1) is 14.1. The number of hydrogen-bond donors (Lipinski definition) is 0. The third-order valence-corrected chi connectivity index (χ3v) is 7.28. The molecule has 29 heavy (non-hydrogen) atoms. The largest absolute Gasteiger partial charge is 0.375 e. The van der Waals surface area contributed by atoms with Crippen LogP contribution >= 0.6 is 11.3 Å². The molecule has 2 aromatic heterocycles. The van der Waals surface area contributed by atoms with Crippen LogP contribution in [0.4, 0.5) is 5.82 Å². The third-order valence-electron chi connectivity index (χ3n) is 6.14. The van der Waals surface area contributed by atoms with Crippen molar-refractivity contribution < 1.29 is 9.53 Å². The number of ether oxygens (including phenoxy) is 1. The van der Waals surface area contributed by atoms with Crippen LogP contribution in [0.3, 0.4) is 0 Å². The number of hydrogen-bond acceptors (Lipinski definition) is 6. The number of piperazine rings is 1. The monoisotopic (exact) mass is 416 g/mol. The number of unbranched alkanes of at least 4 members (excludes halogenated alkanes) is 1. The van der Waals surface area contributed by atoms with E-state index < -0.39 is 0 Å². The molecule has 0 spiro atoms. The summed E-state index contributed by atoms with van der Waals surface area (Å²) in [4.78, 5) is 29.1. The van der Waals surface area contributed by atoms with Gasteiger partial charge in [0.25, 0.3) is 0 Å². The molecule has 0 radical (unpaired) electrons. The highest BCUT2D eigenvalue weighted by atomic mass is 32.1. The number of amides is 1.